The number of carbonyl (C=O) groups excluding carboxylic acids is 2. The molecule has 0 unspecified atom stereocenters. The van der Waals surface area contributed by atoms with Crippen LogP contribution in [0.2, 0.25) is 0 Å². The van der Waals surface area contributed by atoms with Gasteiger partial charge in [-0.2, -0.15) is 5.54 Å². The summed E-state index contributed by atoms with van der Waals surface area (Å²) < 4.78 is 17.1. The fourth-order valence-electron chi connectivity index (χ4n) is 2.42. The Kier molecular flexibility index (Phi) is 5.11. The number of hydrogen-bond acceptors (Lipinski definition) is 3. The van der Waals surface area contributed by atoms with Crippen molar-refractivity contribution in [2.45, 2.75) is 20.3 Å². The molecule has 120 valence electrons. The van der Waals surface area contributed by atoms with Gasteiger partial charge < -0.3 is 4.74 Å². The molecule has 0 atom stereocenters. The molecule has 0 heterocycles. The summed E-state index contributed by atoms with van der Waals surface area (Å²) >= 11 is 0. The minimum Gasteiger partial charge on any atom is -0.465 e. The van der Waals surface area contributed by atoms with Crippen molar-refractivity contribution in [1.82, 2.24) is 5.54 Å². The summed E-state index contributed by atoms with van der Waals surface area (Å²) in [5, 5.41) is 0. The predicted molar refractivity (Wildman–Crippen MR) is 85.6 cm³/mol. The zero-order valence-electron chi connectivity index (χ0n) is 13.3. The fraction of sp³-hybridized carbons (Fsp3) is 0.222. The van der Waals surface area contributed by atoms with Crippen LogP contribution in [0.15, 0.2) is 36.4 Å². The molecular formula is C18H18FNO3. The molecule has 0 spiro atoms. The molecule has 0 aliphatic carbocycles. The van der Waals surface area contributed by atoms with Gasteiger partial charge in [-0.25, -0.2) is 4.79 Å². The first-order valence-corrected chi connectivity index (χ1v) is 7.14. The van der Waals surface area contributed by atoms with E-state index in [0.717, 1.165) is 22.2 Å². The van der Waals surface area contributed by atoms with Crippen LogP contribution in [0.5, 0.6) is 0 Å². The molecule has 1 N–H and O–H groups in total. The molecular weight excluding hydrogens is 297 g/mol. The lowest BCUT2D eigenvalue weighted by molar-refractivity contribution is -0.124. The van der Waals surface area contributed by atoms with Crippen molar-refractivity contribution < 1.29 is 18.8 Å². The van der Waals surface area contributed by atoms with E-state index in [-0.39, 0.29) is 6.42 Å². The number of halogens is 1. The first-order chi connectivity index (χ1) is 11.0. The van der Waals surface area contributed by atoms with Crippen molar-refractivity contribution in [1.29, 1.82) is 0 Å². The summed E-state index contributed by atoms with van der Waals surface area (Å²) in [6.45, 7) is 3.74. The molecule has 1 amide bonds. The van der Waals surface area contributed by atoms with Crippen molar-refractivity contribution in [2.24, 2.45) is 0 Å². The lowest BCUT2D eigenvalue weighted by Gasteiger charge is -2.12. The smallest absolute Gasteiger partial charge is 0.338 e. The van der Waals surface area contributed by atoms with E-state index in [2.05, 4.69) is 0 Å². The molecule has 0 aliphatic rings. The lowest BCUT2D eigenvalue weighted by Crippen LogP contribution is -2.16. The van der Waals surface area contributed by atoms with Crippen molar-refractivity contribution in [3.05, 3.63) is 58.7 Å². The highest BCUT2D eigenvalue weighted by Gasteiger charge is 2.15. The molecule has 2 aromatic rings. The van der Waals surface area contributed by atoms with Crippen LogP contribution in [0.4, 0.5) is 4.48 Å². The number of benzene rings is 2. The van der Waals surface area contributed by atoms with Crippen molar-refractivity contribution in [2.75, 3.05) is 7.11 Å². The van der Waals surface area contributed by atoms with Gasteiger partial charge in [0, 0.05) is 0 Å². The zero-order valence-corrected chi connectivity index (χ0v) is 13.3. The maximum Gasteiger partial charge on any atom is 0.338 e. The normalized spacial score (nSPS) is 10.3. The van der Waals surface area contributed by atoms with Crippen molar-refractivity contribution in [3.8, 4) is 11.1 Å². The molecule has 0 aromatic heterocycles. The van der Waals surface area contributed by atoms with E-state index < -0.39 is 11.9 Å². The lowest BCUT2D eigenvalue weighted by atomic mass is 9.94. The minimum atomic E-state index is -0.706. The van der Waals surface area contributed by atoms with Crippen LogP contribution in [0.1, 0.15) is 27.0 Å². The van der Waals surface area contributed by atoms with E-state index in [0.29, 0.717) is 16.7 Å². The Morgan fingerprint density at radius 3 is 2.52 bits per heavy atom. The summed E-state index contributed by atoms with van der Waals surface area (Å²) in [5.74, 6) is -1.13. The Labute approximate surface area is 134 Å². The second-order valence-corrected chi connectivity index (χ2v) is 5.38. The molecule has 0 saturated heterocycles. The van der Waals surface area contributed by atoms with Crippen LogP contribution in [0.25, 0.3) is 11.1 Å². The summed E-state index contributed by atoms with van der Waals surface area (Å²) in [5.41, 5.74) is 5.60. The fourth-order valence-corrected chi connectivity index (χ4v) is 2.42. The number of amides is 1. The van der Waals surface area contributed by atoms with Gasteiger partial charge in [-0.05, 0) is 42.2 Å². The molecule has 2 rings (SSSR count). The van der Waals surface area contributed by atoms with Gasteiger partial charge in [-0.15, -0.1) is 4.48 Å². The topological polar surface area (TPSA) is 55.4 Å². The SMILES string of the molecule is COC(=O)c1cc(C)ccc1-c1ccc(C)c(CC(=O)NF)c1. The van der Waals surface area contributed by atoms with Crippen molar-refractivity contribution in [3.63, 3.8) is 0 Å². The zero-order chi connectivity index (χ0) is 17.0. The summed E-state index contributed by atoms with van der Waals surface area (Å²) in [7, 11) is 1.33. The van der Waals surface area contributed by atoms with Crippen LogP contribution in [0.3, 0.4) is 0 Å². The highest BCUT2D eigenvalue weighted by atomic mass is 19.2. The highest BCUT2D eigenvalue weighted by molar-refractivity contribution is 5.97. The standard InChI is InChI=1S/C18H18FNO3/c1-11-4-7-15(16(8-11)18(22)23-3)13-6-5-12(2)14(9-13)10-17(21)20-19/h4-9H,10H2,1-3H3,(H,20,21). The number of carbonyl (C=O) groups is 2. The molecule has 0 fully saturated rings. The Bertz CT molecular complexity index is 756. The minimum absolute atomic E-state index is 0.0599. The highest BCUT2D eigenvalue weighted by Crippen LogP contribution is 2.27. The number of nitrogens with one attached hydrogen (secondary N) is 1. The Hall–Kier alpha value is -2.69. The van der Waals surface area contributed by atoms with Gasteiger partial charge >= 0.3 is 5.97 Å². The van der Waals surface area contributed by atoms with Crippen LogP contribution >= 0.6 is 0 Å². The van der Waals surface area contributed by atoms with Gasteiger partial charge in [0.25, 0.3) is 5.91 Å². The number of aryl methyl sites for hydroxylation is 2. The molecule has 0 aliphatic heterocycles. The van der Waals surface area contributed by atoms with E-state index >= 15 is 0 Å². The van der Waals surface area contributed by atoms with Gasteiger partial charge in [0.05, 0.1) is 19.1 Å². The molecule has 2 aromatic carbocycles. The summed E-state index contributed by atoms with van der Waals surface area (Å²) in [4.78, 5) is 23.3. The molecule has 0 saturated carbocycles. The number of methoxy groups -OCH3 is 1. The van der Waals surface area contributed by atoms with E-state index in [1.165, 1.54) is 7.11 Å². The monoisotopic (exact) mass is 315 g/mol. The van der Waals surface area contributed by atoms with Gasteiger partial charge in [-0.3, -0.25) is 4.79 Å². The second kappa shape index (κ2) is 7.05. The van der Waals surface area contributed by atoms with Crippen LogP contribution in [-0.4, -0.2) is 19.0 Å². The molecule has 23 heavy (non-hydrogen) atoms. The molecule has 4 nitrogen and oxygen atoms in total. The summed E-state index contributed by atoms with van der Waals surface area (Å²) in [6, 6.07) is 11.0. The van der Waals surface area contributed by atoms with E-state index in [9.17, 15) is 14.1 Å². The average molecular weight is 315 g/mol. The maximum atomic E-state index is 12.2. The van der Waals surface area contributed by atoms with E-state index in [4.69, 9.17) is 4.74 Å². The first-order valence-electron chi connectivity index (χ1n) is 7.14. The third-order valence-electron chi connectivity index (χ3n) is 3.70. The number of rotatable bonds is 4. The molecule has 0 radical (unpaired) electrons. The summed E-state index contributed by atoms with van der Waals surface area (Å²) in [6.07, 6.45) is -0.0599. The van der Waals surface area contributed by atoms with Gasteiger partial charge in [0.1, 0.15) is 0 Å². The average Bonchev–Trinajstić information content (AvgIpc) is 2.56. The number of hydrogen-bond donors (Lipinski definition) is 1. The molecule has 5 heteroatoms. The quantitative estimate of drug-likeness (QED) is 0.696. The largest absolute Gasteiger partial charge is 0.465 e. The van der Waals surface area contributed by atoms with E-state index in [1.807, 2.05) is 38.1 Å². The van der Waals surface area contributed by atoms with Gasteiger partial charge in [0.2, 0.25) is 0 Å². The van der Waals surface area contributed by atoms with Gasteiger partial charge in [-0.1, -0.05) is 35.9 Å². The Morgan fingerprint density at radius 2 is 1.87 bits per heavy atom. The van der Waals surface area contributed by atoms with Crippen LogP contribution in [-0.2, 0) is 16.0 Å². The Morgan fingerprint density at radius 1 is 1.13 bits per heavy atom. The van der Waals surface area contributed by atoms with Crippen LogP contribution in [0, 0.1) is 13.8 Å². The van der Waals surface area contributed by atoms with Crippen LogP contribution < -0.4 is 5.54 Å². The predicted octanol–water partition coefficient (Wildman–Crippen LogP) is 3.30. The third-order valence-corrected chi connectivity index (χ3v) is 3.70. The maximum absolute atomic E-state index is 12.2. The third kappa shape index (κ3) is 3.74. The van der Waals surface area contributed by atoms with Crippen molar-refractivity contribution >= 4 is 11.9 Å². The van der Waals surface area contributed by atoms with Gasteiger partial charge in [0.15, 0.2) is 0 Å². The number of ether oxygens (including phenoxy) is 1. The second-order valence-electron chi connectivity index (χ2n) is 5.38. The Balaban J connectivity index is 2.52. The number of esters is 1. The van der Waals surface area contributed by atoms with E-state index in [1.54, 1.807) is 12.1 Å². The molecule has 0 bridgehead atoms. The first kappa shape index (κ1) is 16.7.